The second kappa shape index (κ2) is 9.06. The Labute approximate surface area is 149 Å². The molecular weight excluding hydrogens is 322 g/mol. The van der Waals surface area contributed by atoms with Gasteiger partial charge < -0.3 is 19.7 Å². The molecule has 134 valence electrons. The maximum absolute atomic E-state index is 5.37. The van der Waals surface area contributed by atoms with Crippen LogP contribution in [0.2, 0.25) is 0 Å². The van der Waals surface area contributed by atoms with Gasteiger partial charge in [0.1, 0.15) is 0 Å². The van der Waals surface area contributed by atoms with Crippen molar-refractivity contribution in [2.24, 2.45) is 10.9 Å². The van der Waals surface area contributed by atoms with E-state index in [1.54, 1.807) is 14.2 Å². The highest BCUT2D eigenvalue weighted by Gasteiger charge is 2.24. The molecule has 0 aliphatic carbocycles. The standard InChI is InChI=1S/C18H29N3O2S/c1-13(2)17-12-21(8-9-24-17)18(19-3)20-11-14-6-7-15(22-4)16(10-14)23-5/h6-7,10,13,17H,8-9,11-12H2,1-5H3,(H,19,20). The number of thioether (sulfide) groups is 1. The normalized spacial score (nSPS) is 18.7. The minimum atomic E-state index is 0.665. The summed E-state index contributed by atoms with van der Waals surface area (Å²) in [5, 5.41) is 4.14. The van der Waals surface area contributed by atoms with E-state index < -0.39 is 0 Å². The summed E-state index contributed by atoms with van der Waals surface area (Å²) in [6.07, 6.45) is 0. The maximum Gasteiger partial charge on any atom is 0.193 e. The molecule has 0 aromatic heterocycles. The molecule has 1 aliphatic heterocycles. The van der Waals surface area contributed by atoms with Crippen LogP contribution < -0.4 is 14.8 Å². The summed E-state index contributed by atoms with van der Waals surface area (Å²) >= 11 is 2.07. The maximum atomic E-state index is 5.37. The lowest BCUT2D eigenvalue weighted by molar-refractivity contribution is 0.354. The van der Waals surface area contributed by atoms with Gasteiger partial charge in [-0.1, -0.05) is 19.9 Å². The summed E-state index contributed by atoms with van der Waals surface area (Å²) < 4.78 is 10.7. The second-order valence-corrected chi connectivity index (χ2v) is 7.54. The van der Waals surface area contributed by atoms with E-state index in [2.05, 4.69) is 40.8 Å². The quantitative estimate of drug-likeness (QED) is 0.653. The number of aliphatic imine (C=N–C) groups is 1. The first-order chi connectivity index (χ1) is 11.6. The lowest BCUT2D eigenvalue weighted by atomic mass is 10.1. The minimum absolute atomic E-state index is 0.665. The van der Waals surface area contributed by atoms with Gasteiger partial charge >= 0.3 is 0 Å². The number of hydrogen-bond donors (Lipinski definition) is 1. The zero-order chi connectivity index (χ0) is 17.5. The van der Waals surface area contributed by atoms with Crippen molar-refractivity contribution in [1.29, 1.82) is 0 Å². The van der Waals surface area contributed by atoms with Crippen molar-refractivity contribution in [3.8, 4) is 11.5 Å². The topological polar surface area (TPSA) is 46.1 Å². The van der Waals surface area contributed by atoms with Crippen LogP contribution in [0.1, 0.15) is 19.4 Å². The summed E-state index contributed by atoms with van der Waals surface area (Å²) in [6.45, 7) is 7.39. The molecule has 0 radical (unpaired) electrons. The van der Waals surface area contributed by atoms with E-state index in [9.17, 15) is 0 Å². The number of rotatable bonds is 5. The van der Waals surface area contributed by atoms with Crippen molar-refractivity contribution >= 4 is 17.7 Å². The van der Waals surface area contributed by atoms with Crippen molar-refractivity contribution in [3.63, 3.8) is 0 Å². The Balaban J connectivity index is 1.99. The Kier molecular flexibility index (Phi) is 7.09. The van der Waals surface area contributed by atoms with Gasteiger partial charge in [-0.3, -0.25) is 4.99 Å². The van der Waals surface area contributed by atoms with Crippen LogP contribution in [0.4, 0.5) is 0 Å². The van der Waals surface area contributed by atoms with E-state index in [-0.39, 0.29) is 0 Å². The molecule has 5 nitrogen and oxygen atoms in total. The molecule has 0 saturated carbocycles. The fraction of sp³-hybridized carbons (Fsp3) is 0.611. The van der Waals surface area contributed by atoms with E-state index in [1.807, 2.05) is 25.2 Å². The van der Waals surface area contributed by atoms with Crippen LogP contribution >= 0.6 is 11.8 Å². The molecular formula is C18H29N3O2S. The van der Waals surface area contributed by atoms with Crippen molar-refractivity contribution in [2.45, 2.75) is 25.6 Å². The van der Waals surface area contributed by atoms with Crippen molar-refractivity contribution in [1.82, 2.24) is 10.2 Å². The Morgan fingerprint density at radius 3 is 2.71 bits per heavy atom. The monoisotopic (exact) mass is 351 g/mol. The van der Waals surface area contributed by atoms with Crippen LogP contribution in [0.3, 0.4) is 0 Å². The van der Waals surface area contributed by atoms with Gasteiger partial charge in [-0.05, 0) is 23.6 Å². The molecule has 0 bridgehead atoms. The number of nitrogens with zero attached hydrogens (tertiary/aromatic N) is 2. The first-order valence-electron chi connectivity index (χ1n) is 8.37. The van der Waals surface area contributed by atoms with Gasteiger partial charge in [0.2, 0.25) is 0 Å². The lowest BCUT2D eigenvalue weighted by Gasteiger charge is -2.36. The molecule has 0 spiro atoms. The zero-order valence-corrected chi connectivity index (χ0v) is 16.2. The Morgan fingerprint density at radius 2 is 2.08 bits per heavy atom. The molecule has 1 N–H and O–H groups in total. The summed E-state index contributed by atoms with van der Waals surface area (Å²) in [5.74, 6) is 4.30. The third kappa shape index (κ3) is 4.72. The van der Waals surface area contributed by atoms with Crippen LogP contribution in [0.5, 0.6) is 11.5 Å². The smallest absolute Gasteiger partial charge is 0.193 e. The largest absolute Gasteiger partial charge is 0.493 e. The zero-order valence-electron chi connectivity index (χ0n) is 15.3. The van der Waals surface area contributed by atoms with Crippen molar-refractivity contribution in [3.05, 3.63) is 23.8 Å². The number of ether oxygens (including phenoxy) is 2. The summed E-state index contributed by atoms with van der Waals surface area (Å²) in [4.78, 5) is 6.83. The highest BCUT2D eigenvalue weighted by Crippen LogP contribution is 2.28. The third-order valence-electron chi connectivity index (χ3n) is 4.25. The van der Waals surface area contributed by atoms with Gasteiger partial charge in [-0.2, -0.15) is 11.8 Å². The molecule has 1 saturated heterocycles. The molecule has 1 unspecified atom stereocenters. The summed E-state index contributed by atoms with van der Waals surface area (Å²) in [7, 11) is 5.16. The molecule has 24 heavy (non-hydrogen) atoms. The van der Waals surface area contributed by atoms with Gasteiger partial charge in [0, 0.05) is 37.7 Å². The Bertz CT molecular complexity index is 563. The predicted octanol–water partition coefficient (Wildman–Crippen LogP) is 2.85. The van der Waals surface area contributed by atoms with Gasteiger partial charge in [-0.25, -0.2) is 0 Å². The fourth-order valence-electron chi connectivity index (χ4n) is 2.78. The average Bonchev–Trinajstić information content (AvgIpc) is 2.62. The highest BCUT2D eigenvalue weighted by molar-refractivity contribution is 8.00. The predicted molar refractivity (Wildman–Crippen MR) is 102 cm³/mol. The molecule has 1 atom stereocenters. The molecule has 1 aliphatic rings. The third-order valence-corrected chi connectivity index (χ3v) is 5.79. The molecule has 1 fully saturated rings. The molecule has 0 amide bonds. The van der Waals surface area contributed by atoms with Gasteiger partial charge in [-0.15, -0.1) is 0 Å². The van der Waals surface area contributed by atoms with E-state index >= 15 is 0 Å². The molecule has 2 rings (SSSR count). The average molecular weight is 352 g/mol. The molecule has 1 aromatic carbocycles. The van der Waals surface area contributed by atoms with Crippen molar-refractivity contribution in [2.75, 3.05) is 40.1 Å². The molecule has 1 aromatic rings. The second-order valence-electron chi connectivity index (χ2n) is 6.19. The van der Waals surface area contributed by atoms with Gasteiger partial charge in [0.25, 0.3) is 0 Å². The number of hydrogen-bond acceptors (Lipinski definition) is 4. The fourth-order valence-corrected chi connectivity index (χ4v) is 4.07. The van der Waals surface area contributed by atoms with Crippen LogP contribution in [0, 0.1) is 5.92 Å². The number of nitrogens with one attached hydrogen (secondary N) is 1. The number of guanidine groups is 1. The minimum Gasteiger partial charge on any atom is -0.493 e. The highest BCUT2D eigenvalue weighted by atomic mass is 32.2. The number of methoxy groups -OCH3 is 2. The SMILES string of the molecule is CN=C(NCc1ccc(OC)c(OC)c1)N1CCSC(C(C)C)C1. The first-order valence-corrected chi connectivity index (χ1v) is 9.42. The first kappa shape index (κ1) is 18.8. The Hall–Kier alpha value is -1.56. The van der Waals surface area contributed by atoms with Crippen LogP contribution in [-0.2, 0) is 6.54 Å². The summed E-state index contributed by atoms with van der Waals surface area (Å²) in [6, 6.07) is 5.98. The summed E-state index contributed by atoms with van der Waals surface area (Å²) in [5.41, 5.74) is 1.14. The van der Waals surface area contributed by atoms with Gasteiger partial charge in [0.15, 0.2) is 17.5 Å². The van der Waals surface area contributed by atoms with E-state index in [4.69, 9.17) is 9.47 Å². The van der Waals surface area contributed by atoms with Crippen LogP contribution in [0.25, 0.3) is 0 Å². The van der Waals surface area contributed by atoms with E-state index in [1.165, 1.54) is 0 Å². The van der Waals surface area contributed by atoms with E-state index in [0.29, 0.717) is 17.7 Å². The van der Waals surface area contributed by atoms with Crippen LogP contribution in [-0.4, -0.2) is 56.2 Å². The molecule has 6 heteroatoms. The van der Waals surface area contributed by atoms with Crippen LogP contribution in [0.15, 0.2) is 23.2 Å². The van der Waals surface area contributed by atoms with Gasteiger partial charge in [0.05, 0.1) is 14.2 Å². The Morgan fingerprint density at radius 1 is 1.33 bits per heavy atom. The lowest BCUT2D eigenvalue weighted by Crippen LogP contribution is -2.48. The molecule has 1 heterocycles. The van der Waals surface area contributed by atoms with E-state index in [0.717, 1.165) is 41.9 Å². The number of benzene rings is 1. The van der Waals surface area contributed by atoms with Crippen molar-refractivity contribution < 1.29 is 9.47 Å².